The fourth-order valence-corrected chi connectivity index (χ4v) is 3.32. The summed E-state index contributed by atoms with van der Waals surface area (Å²) in [6.07, 6.45) is 1.92. The van der Waals surface area contributed by atoms with Gasteiger partial charge in [-0.1, -0.05) is 5.16 Å². The molecule has 1 aliphatic heterocycles. The topological polar surface area (TPSA) is 109 Å². The van der Waals surface area contributed by atoms with Crippen LogP contribution in [0.15, 0.2) is 16.0 Å². The number of thiophene rings is 1. The van der Waals surface area contributed by atoms with Gasteiger partial charge in [0.1, 0.15) is 6.07 Å². The summed E-state index contributed by atoms with van der Waals surface area (Å²) in [4.78, 5) is 18.4. The number of hydrogen-bond donors (Lipinski definition) is 1. The first-order valence-electron chi connectivity index (χ1n) is 6.52. The largest absolute Gasteiger partial charge is 0.363 e. The molecule has 1 amide bonds. The zero-order chi connectivity index (χ0) is 14.8. The van der Waals surface area contributed by atoms with E-state index in [0.29, 0.717) is 11.5 Å². The second-order valence-electron chi connectivity index (χ2n) is 4.86. The Hall–Kier alpha value is -2.24. The summed E-state index contributed by atoms with van der Waals surface area (Å²) in [5.74, 6) is -0.343. The van der Waals surface area contributed by atoms with Crippen LogP contribution < -0.4 is 5.73 Å². The minimum atomic E-state index is -0.688. The maximum atomic E-state index is 11.0. The zero-order valence-electron chi connectivity index (χ0n) is 11.2. The lowest BCUT2D eigenvalue weighted by Gasteiger charge is -2.20. The number of likely N-dealkylation sites (tertiary alicyclic amines) is 1. The van der Waals surface area contributed by atoms with Crippen molar-refractivity contribution in [3.63, 3.8) is 0 Å². The van der Waals surface area contributed by atoms with Crippen molar-refractivity contribution in [2.75, 3.05) is 6.54 Å². The van der Waals surface area contributed by atoms with Gasteiger partial charge in [-0.3, -0.25) is 9.69 Å². The van der Waals surface area contributed by atoms with Crippen molar-refractivity contribution in [3.05, 3.63) is 33.6 Å². The molecule has 21 heavy (non-hydrogen) atoms. The average molecular weight is 303 g/mol. The van der Waals surface area contributed by atoms with E-state index in [-0.39, 0.29) is 11.9 Å². The van der Waals surface area contributed by atoms with E-state index in [9.17, 15) is 4.79 Å². The summed E-state index contributed by atoms with van der Waals surface area (Å²) in [7, 11) is 0. The molecule has 0 radical (unpaired) electrons. The summed E-state index contributed by atoms with van der Waals surface area (Å²) >= 11 is 1.56. The molecule has 3 rings (SSSR count). The zero-order valence-corrected chi connectivity index (χ0v) is 12.0. The van der Waals surface area contributed by atoms with E-state index in [1.807, 2.05) is 11.4 Å². The molecule has 0 saturated carbocycles. The van der Waals surface area contributed by atoms with Gasteiger partial charge < -0.3 is 10.3 Å². The van der Waals surface area contributed by atoms with Crippen LogP contribution in [0, 0.1) is 11.3 Å². The van der Waals surface area contributed by atoms with Crippen molar-refractivity contribution >= 4 is 17.2 Å². The standard InChI is InChI=1S/C13H13N5O2S/c14-5-8-4-9(21-7-8)6-18-3-1-2-10(18)13-16-12(11(15)19)17-20-13/h4,7,10H,1-3,6H2,(H2,15,19)/t10-/m0/s1. The molecule has 1 saturated heterocycles. The summed E-state index contributed by atoms with van der Waals surface area (Å²) in [5, 5.41) is 14.3. The third kappa shape index (κ3) is 2.79. The van der Waals surface area contributed by atoms with Gasteiger partial charge in [0.05, 0.1) is 11.6 Å². The highest BCUT2D eigenvalue weighted by Gasteiger charge is 2.31. The van der Waals surface area contributed by atoms with E-state index in [4.69, 9.17) is 15.5 Å². The second kappa shape index (κ2) is 5.63. The van der Waals surface area contributed by atoms with Crippen LogP contribution in [0.1, 0.15) is 45.8 Å². The fraction of sp³-hybridized carbons (Fsp3) is 0.385. The van der Waals surface area contributed by atoms with Gasteiger partial charge in [-0.25, -0.2) is 0 Å². The van der Waals surface area contributed by atoms with Gasteiger partial charge in [0.25, 0.3) is 11.7 Å². The van der Waals surface area contributed by atoms with Gasteiger partial charge in [0.15, 0.2) is 0 Å². The lowest BCUT2D eigenvalue weighted by atomic mass is 10.2. The summed E-state index contributed by atoms with van der Waals surface area (Å²) < 4.78 is 5.15. The minimum Gasteiger partial charge on any atom is -0.363 e. The van der Waals surface area contributed by atoms with Gasteiger partial charge >= 0.3 is 0 Å². The smallest absolute Gasteiger partial charge is 0.290 e. The summed E-state index contributed by atoms with van der Waals surface area (Å²) in [6, 6.07) is 4.02. The van der Waals surface area contributed by atoms with Gasteiger partial charge in [-0.15, -0.1) is 11.3 Å². The normalized spacial score (nSPS) is 18.7. The monoisotopic (exact) mass is 303 g/mol. The highest BCUT2D eigenvalue weighted by atomic mass is 32.1. The van der Waals surface area contributed by atoms with Gasteiger partial charge in [-0.2, -0.15) is 10.2 Å². The Balaban J connectivity index is 1.75. The Morgan fingerprint density at radius 3 is 3.19 bits per heavy atom. The summed E-state index contributed by atoms with van der Waals surface area (Å²) in [5.41, 5.74) is 5.82. The number of nitrogens with two attached hydrogens (primary N) is 1. The molecule has 2 N–H and O–H groups in total. The van der Waals surface area contributed by atoms with Gasteiger partial charge in [0.2, 0.25) is 5.89 Å². The predicted molar refractivity (Wildman–Crippen MR) is 74.2 cm³/mol. The summed E-state index contributed by atoms with van der Waals surface area (Å²) in [6.45, 7) is 1.64. The number of rotatable bonds is 4. The molecule has 2 aromatic rings. The Morgan fingerprint density at radius 1 is 1.67 bits per heavy atom. The number of aromatic nitrogens is 2. The lowest BCUT2D eigenvalue weighted by Crippen LogP contribution is -2.22. The van der Waals surface area contributed by atoms with Crippen LogP contribution in [0.5, 0.6) is 0 Å². The van der Waals surface area contributed by atoms with Crippen LogP contribution in [-0.4, -0.2) is 27.5 Å². The number of carbonyl (C=O) groups is 1. The molecule has 8 heteroatoms. The van der Waals surface area contributed by atoms with Crippen molar-refractivity contribution in [1.82, 2.24) is 15.0 Å². The average Bonchev–Trinajstić information content (AvgIpc) is 3.18. The van der Waals surface area contributed by atoms with Crippen LogP contribution in [0.4, 0.5) is 0 Å². The molecule has 2 aromatic heterocycles. The first kappa shape index (κ1) is 13.7. The minimum absolute atomic E-state index is 0.00163. The van der Waals surface area contributed by atoms with Crippen LogP contribution >= 0.6 is 11.3 Å². The van der Waals surface area contributed by atoms with E-state index in [2.05, 4.69) is 21.1 Å². The lowest BCUT2D eigenvalue weighted by molar-refractivity contribution is 0.0987. The van der Waals surface area contributed by atoms with Crippen molar-refractivity contribution in [2.24, 2.45) is 5.73 Å². The molecular weight excluding hydrogens is 290 g/mol. The molecule has 0 spiro atoms. The fourth-order valence-electron chi connectivity index (χ4n) is 2.49. The molecule has 7 nitrogen and oxygen atoms in total. The number of hydrogen-bond acceptors (Lipinski definition) is 7. The molecule has 0 aliphatic carbocycles. The van der Waals surface area contributed by atoms with Crippen molar-refractivity contribution in [1.29, 1.82) is 5.26 Å². The van der Waals surface area contributed by atoms with Crippen LogP contribution in [0.25, 0.3) is 0 Å². The van der Waals surface area contributed by atoms with E-state index in [0.717, 1.165) is 30.8 Å². The van der Waals surface area contributed by atoms with Gasteiger partial charge in [0, 0.05) is 16.8 Å². The molecule has 108 valence electrons. The molecule has 1 aliphatic rings. The molecule has 0 unspecified atom stereocenters. The van der Waals surface area contributed by atoms with E-state index < -0.39 is 5.91 Å². The Kier molecular flexibility index (Phi) is 3.68. The highest BCUT2D eigenvalue weighted by Crippen LogP contribution is 2.33. The van der Waals surface area contributed by atoms with E-state index in [1.54, 1.807) is 11.3 Å². The van der Waals surface area contributed by atoms with Crippen molar-refractivity contribution in [3.8, 4) is 6.07 Å². The number of amides is 1. The molecular formula is C13H13N5O2S. The first-order valence-corrected chi connectivity index (χ1v) is 7.40. The Labute approximate surface area is 125 Å². The Bertz CT molecular complexity index is 701. The van der Waals surface area contributed by atoms with E-state index >= 15 is 0 Å². The van der Waals surface area contributed by atoms with E-state index in [1.165, 1.54) is 0 Å². The quantitative estimate of drug-likeness (QED) is 0.915. The molecule has 1 fully saturated rings. The van der Waals surface area contributed by atoms with Crippen LogP contribution in [-0.2, 0) is 6.54 Å². The first-order chi connectivity index (χ1) is 10.2. The van der Waals surface area contributed by atoms with Crippen LogP contribution in [0.2, 0.25) is 0 Å². The third-order valence-corrected chi connectivity index (χ3v) is 4.37. The molecule has 3 heterocycles. The number of nitrogens with zero attached hydrogens (tertiary/aromatic N) is 4. The van der Waals surface area contributed by atoms with Crippen molar-refractivity contribution < 1.29 is 9.32 Å². The predicted octanol–water partition coefficient (Wildman–Crippen LogP) is 1.44. The maximum Gasteiger partial charge on any atom is 0.290 e. The Morgan fingerprint density at radius 2 is 2.52 bits per heavy atom. The number of nitriles is 1. The maximum absolute atomic E-state index is 11.0. The van der Waals surface area contributed by atoms with Crippen LogP contribution in [0.3, 0.4) is 0 Å². The van der Waals surface area contributed by atoms with Gasteiger partial charge in [-0.05, 0) is 25.5 Å². The molecule has 1 atom stereocenters. The highest BCUT2D eigenvalue weighted by molar-refractivity contribution is 7.10. The molecule has 0 aromatic carbocycles. The van der Waals surface area contributed by atoms with Crippen molar-refractivity contribution in [2.45, 2.75) is 25.4 Å². The number of primary amides is 1. The second-order valence-corrected chi connectivity index (χ2v) is 5.86. The SMILES string of the molecule is N#Cc1csc(CN2CCC[C@H]2c2nc(C(N)=O)no2)c1. The third-order valence-electron chi connectivity index (χ3n) is 3.45. The number of carbonyl (C=O) groups excluding carboxylic acids is 1. The molecule has 0 bridgehead atoms.